The zero-order valence-corrected chi connectivity index (χ0v) is 42.6. The summed E-state index contributed by atoms with van der Waals surface area (Å²) >= 11 is 3.25. The average molecular weight is 1010 g/mol. The minimum atomic E-state index is -0.452. The van der Waals surface area contributed by atoms with E-state index in [9.17, 15) is 9.90 Å². The summed E-state index contributed by atoms with van der Waals surface area (Å²) in [5.41, 5.74) is 10.4. The first kappa shape index (κ1) is 47.1. The number of aliphatic hydroxyl groups is 1. The van der Waals surface area contributed by atoms with Crippen LogP contribution in [-0.2, 0) is 0 Å². The summed E-state index contributed by atoms with van der Waals surface area (Å²) in [5.74, 6) is 2.07. The number of carbonyl (C=O) groups is 2. The van der Waals surface area contributed by atoms with Gasteiger partial charge in [0.1, 0.15) is 23.0 Å². The van der Waals surface area contributed by atoms with Crippen molar-refractivity contribution in [3.8, 4) is 0 Å². The standard InChI is InChI=1S/C52H65N15O3S2/c53-34-17-26-65(31-34)42-14-10-13-37(54-42)49(69)55-39-29-41-46(61-52(72-41)64-23-8-3-9-24-64)59-48(39)67-25-11-12-33(30-67)36-15-16-43(66-27-18-35(68)32-66)57-44(36)50(70)56-38-28-40-45(58-47(38)62-19-4-1-5-20-62)60-51(71-40)63-21-6-2-7-22-63/h10,13-16,28-29,33-35,68H,1-9,11-12,17-27,30-32,53H2,(H,55,69)(H,56,70)/t33?,34-,35-/m0/s1. The van der Waals surface area contributed by atoms with Crippen LogP contribution in [0.2, 0.25) is 0 Å². The van der Waals surface area contributed by atoms with Gasteiger partial charge in [-0.25, -0.2) is 19.9 Å². The molecule has 12 heterocycles. The van der Waals surface area contributed by atoms with Crippen LogP contribution in [0.4, 0.5) is 44.9 Å². The van der Waals surface area contributed by atoms with Gasteiger partial charge in [-0.15, -0.1) is 0 Å². The fraction of sp³-hybridized carbons (Fsp3) is 0.538. The summed E-state index contributed by atoms with van der Waals surface area (Å²) in [6.45, 7) is 9.47. The minimum Gasteiger partial charge on any atom is -0.391 e. The molecule has 12 rings (SSSR count). The van der Waals surface area contributed by atoms with Gasteiger partial charge in [-0.3, -0.25) is 9.59 Å². The number of amides is 2. The van der Waals surface area contributed by atoms with E-state index in [4.69, 9.17) is 35.6 Å². The summed E-state index contributed by atoms with van der Waals surface area (Å²) in [6.07, 6.45) is 13.0. The number of nitrogens with one attached hydrogen (secondary N) is 2. The zero-order valence-electron chi connectivity index (χ0n) is 41.0. The molecule has 6 aliphatic heterocycles. The fourth-order valence-electron chi connectivity index (χ4n) is 11.5. The molecule has 6 aromatic rings. The van der Waals surface area contributed by atoms with Gasteiger partial charge in [-0.2, -0.15) is 9.97 Å². The Balaban J connectivity index is 0.881. The predicted molar refractivity (Wildman–Crippen MR) is 289 cm³/mol. The van der Waals surface area contributed by atoms with E-state index < -0.39 is 6.10 Å². The van der Waals surface area contributed by atoms with E-state index in [0.717, 1.165) is 146 Å². The SMILES string of the molecule is N[C@H]1CCN(c2cccc(C(=O)Nc3cc4sc(N5CCCCC5)nc4nc3N3CCCC(c4ccc(N5CC[C@H](O)C5)nc4C(=O)Nc4cc5sc(N6CCCCC6)nc5nc4N4CCCCC4)C3)n2)C1. The Hall–Kier alpha value is -5.96. The van der Waals surface area contributed by atoms with Crippen molar-refractivity contribution in [2.75, 3.05) is 119 Å². The van der Waals surface area contributed by atoms with Crippen molar-refractivity contribution in [2.45, 2.75) is 102 Å². The maximum absolute atomic E-state index is 15.2. The molecule has 6 aromatic heterocycles. The van der Waals surface area contributed by atoms with Crippen LogP contribution in [0.25, 0.3) is 20.7 Å². The summed E-state index contributed by atoms with van der Waals surface area (Å²) < 4.78 is 1.84. The highest BCUT2D eigenvalue weighted by atomic mass is 32.1. The Morgan fingerprint density at radius 1 is 0.542 bits per heavy atom. The third-order valence-electron chi connectivity index (χ3n) is 15.4. The molecule has 20 heteroatoms. The van der Waals surface area contributed by atoms with Crippen molar-refractivity contribution in [1.82, 2.24) is 29.9 Å². The molecule has 6 aliphatic rings. The molecule has 18 nitrogen and oxygen atoms in total. The van der Waals surface area contributed by atoms with E-state index in [0.29, 0.717) is 79.2 Å². The predicted octanol–water partition coefficient (Wildman–Crippen LogP) is 7.45. The molecule has 6 fully saturated rings. The first-order chi connectivity index (χ1) is 35.3. The van der Waals surface area contributed by atoms with Crippen LogP contribution in [0.15, 0.2) is 42.5 Å². The Morgan fingerprint density at radius 2 is 1.11 bits per heavy atom. The second kappa shape index (κ2) is 20.5. The molecule has 72 heavy (non-hydrogen) atoms. The molecule has 378 valence electrons. The number of rotatable bonds is 11. The molecule has 6 saturated heterocycles. The zero-order chi connectivity index (χ0) is 48.7. The van der Waals surface area contributed by atoms with E-state index in [1.807, 2.05) is 24.3 Å². The van der Waals surface area contributed by atoms with Crippen LogP contribution >= 0.6 is 22.7 Å². The Morgan fingerprint density at radius 3 is 1.72 bits per heavy atom. The second-order valence-electron chi connectivity index (χ2n) is 20.6. The lowest BCUT2D eigenvalue weighted by Crippen LogP contribution is -2.37. The van der Waals surface area contributed by atoms with Crippen LogP contribution in [-0.4, -0.2) is 138 Å². The van der Waals surface area contributed by atoms with Crippen LogP contribution < -0.4 is 45.8 Å². The lowest BCUT2D eigenvalue weighted by Gasteiger charge is -2.35. The summed E-state index contributed by atoms with van der Waals surface area (Å²) in [4.78, 5) is 73.5. The highest BCUT2D eigenvalue weighted by Gasteiger charge is 2.33. The third-order valence-corrected chi connectivity index (χ3v) is 17.5. The van der Waals surface area contributed by atoms with Gasteiger partial charge in [0, 0.05) is 90.5 Å². The maximum Gasteiger partial charge on any atom is 0.274 e. The number of β-amino-alcohol motifs (C(OH)–C–C–N with tert-alkyl or cyclic N) is 1. The normalized spacial score (nSPS) is 22.1. The summed E-state index contributed by atoms with van der Waals surface area (Å²) in [5, 5.41) is 19.1. The average Bonchev–Trinajstić information content (AvgIpc) is 4.26. The van der Waals surface area contributed by atoms with Crippen LogP contribution in [0.3, 0.4) is 0 Å². The summed E-state index contributed by atoms with van der Waals surface area (Å²) in [7, 11) is 0. The minimum absolute atomic E-state index is 0.0807. The van der Waals surface area contributed by atoms with Gasteiger partial charge >= 0.3 is 0 Å². The van der Waals surface area contributed by atoms with Crippen molar-refractivity contribution in [1.29, 1.82) is 0 Å². The van der Waals surface area contributed by atoms with E-state index in [1.165, 1.54) is 19.3 Å². The molecule has 0 spiro atoms. The van der Waals surface area contributed by atoms with E-state index in [-0.39, 0.29) is 23.8 Å². The number of carbonyl (C=O) groups excluding carboxylic acids is 2. The Labute approximate surface area is 428 Å². The molecular weight excluding hydrogens is 947 g/mol. The van der Waals surface area contributed by atoms with Crippen molar-refractivity contribution >= 4 is 100 Å². The van der Waals surface area contributed by atoms with Gasteiger partial charge in [0.2, 0.25) is 0 Å². The molecule has 0 saturated carbocycles. The molecule has 0 radical (unpaired) electrons. The smallest absolute Gasteiger partial charge is 0.274 e. The maximum atomic E-state index is 15.2. The number of anilines is 8. The number of fused-ring (bicyclic) bond motifs is 2. The van der Waals surface area contributed by atoms with Gasteiger partial charge in [0.25, 0.3) is 11.8 Å². The van der Waals surface area contributed by atoms with Crippen molar-refractivity contribution in [3.05, 3.63) is 59.4 Å². The van der Waals surface area contributed by atoms with Crippen molar-refractivity contribution < 1.29 is 14.7 Å². The van der Waals surface area contributed by atoms with Gasteiger partial charge in [-0.1, -0.05) is 34.8 Å². The van der Waals surface area contributed by atoms with E-state index in [2.05, 4.69) is 52.2 Å². The third kappa shape index (κ3) is 9.81. The summed E-state index contributed by atoms with van der Waals surface area (Å²) in [6, 6.07) is 13.8. The van der Waals surface area contributed by atoms with Crippen molar-refractivity contribution in [3.63, 3.8) is 0 Å². The van der Waals surface area contributed by atoms with Gasteiger partial charge in [-0.05, 0) is 119 Å². The van der Waals surface area contributed by atoms with E-state index >= 15 is 4.79 Å². The van der Waals surface area contributed by atoms with Crippen molar-refractivity contribution in [2.24, 2.45) is 5.73 Å². The molecule has 0 aromatic carbocycles. The first-order valence-corrected chi connectivity index (χ1v) is 28.1. The molecule has 2 amide bonds. The number of nitrogens with two attached hydrogens (primary N) is 1. The monoisotopic (exact) mass is 1010 g/mol. The molecule has 3 atom stereocenters. The quantitative estimate of drug-likeness (QED) is 0.0996. The number of aromatic nitrogens is 6. The van der Waals surface area contributed by atoms with Gasteiger partial charge < -0.3 is 50.9 Å². The Kier molecular flexibility index (Phi) is 13.4. The van der Waals surface area contributed by atoms with Crippen LogP contribution in [0, 0.1) is 0 Å². The van der Waals surface area contributed by atoms with Gasteiger partial charge in [0.15, 0.2) is 33.2 Å². The van der Waals surface area contributed by atoms with E-state index in [1.54, 1.807) is 28.7 Å². The molecule has 1 unspecified atom stereocenters. The first-order valence-electron chi connectivity index (χ1n) is 26.4. The molecular formula is C52H65N15O3S2. The number of piperidine rings is 4. The number of nitrogens with zero attached hydrogens (tertiary/aromatic N) is 12. The molecule has 5 N–H and O–H groups in total. The molecule has 0 bridgehead atoms. The van der Waals surface area contributed by atoms with Crippen LogP contribution in [0.5, 0.6) is 0 Å². The topological polar surface area (TPSA) is 201 Å². The lowest BCUT2D eigenvalue weighted by molar-refractivity contribution is 0.101. The number of aliphatic hydroxyl groups excluding tert-OH is 1. The highest BCUT2D eigenvalue weighted by molar-refractivity contribution is 7.22. The highest BCUT2D eigenvalue weighted by Crippen LogP contribution is 2.41. The number of pyridine rings is 4. The van der Waals surface area contributed by atoms with Gasteiger partial charge in [0.05, 0.1) is 26.9 Å². The lowest BCUT2D eigenvalue weighted by atomic mass is 9.89. The number of hydrogen-bond donors (Lipinski definition) is 4. The number of hydrogen-bond acceptors (Lipinski definition) is 18. The fourth-order valence-corrected chi connectivity index (χ4v) is 13.5. The largest absolute Gasteiger partial charge is 0.391 e. The molecule has 0 aliphatic carbocycles. The number of thiazole rings is 2. The second-order valence-corrected chi connectivity index (χ2v) is 22.6. The Bertz CT molecular complexity index is 2950. The van der Waals surface area contributed by atoms with Crippen LogP contribution in [0.1, 0.15) is 116 Å².